The molecule has 0 saturated carbocycles. The largest absolute Gasteiger partial charge is 0.441 e. The van der Waals surface area contributed by atoms with E-state index in [2.05, 4.69) is 22.0 Å². The van der Waals surface area contributed by atoms with Gasteiger partial charge >= 0.3 is 0 Å². The Balaban J connectivity index is 1.69. The van der Waals surface area contributed by atoms with Gasteiger partial charge in [0.25, 0.3) is 0 Å². The summed E-state index contributed by atoms with van der Waals surface area (Å²) < 4.78 is 5.81. The number of oxazole rings is 1. The Labute approximate surface area is 142 Å². The Kier molecular flexibility index (Phi) is 4.79. The second kappa shape index (κ2) is 6.99. The number of aliphatic hydroxyl groups is 1. The minimum Gasteiger partial charge on any atom is -0.441 e. The van der Waals surface area contributed by atoms with Crippen LogP contribution in [0, 0.1) is 0 Å². The number of benzene rings is 2. The van der Waals surface area contributed by atoms with Crippen molar-refractivity contribution in [2.75, 3.05) is 7.05 Å². The molecule has 0 amide bonds. The van der Waals surface area contributed by atoms with Gasteiger partial charge in [0.05, 0.1) is 12.7 Å². The molecule has 1 atom stereocenters. The minimum absolute atomic E-state index is 0.316. The lowest BCUT2D eigenvalue weighted by molar-refractivity contribution is 0.0683. The molecular weight excluding hydrogens is 300 g/mol. The third-order valence-electron chi connectivity index (χ3n) is 4.03. The molecule has 0 saturated heterocycles. The van der Waals surface area contributed by atoms with Gasteiger partial charge in [0.15, 0.2) is 5.60 Å². The van der Waals surface area contributed by atoms with Crippen molar-refractivity contribution in [1.82, 2.24) is 9.88 Å². The van der Waals surface area contributed by atoms with Crippen molar-refractivity contribution in [1.29, 1.82) is 0 Å². The zero-order chi connectivity index (χ0) is 17.0. The standard InChI is InChI=1S/C20H22N2O2/c1-20(23,17-11-7-4-8-12-17)19-21-13-18(24-19)15-22(2)14-16-9-5-3-6-10-16/h3-13,23H,14-15H2,1-2H3. The van der Waals surface area contributed by atoms with Gasteiger partial charge in [-0.25, -0.2) is 4.98 Å². The molecule has 0 spiro atoms. The van der Waals surface area contributed by atoms with E-state index in [4.69, 9.17) is 4.42 Å². The van der Waals surface area contributed by atoms with Crippen LogP contribution in [0.15, 0.2) is 71.3 Å². The quantitative estimate of drug-likeness (QED) is 0.754. The van der Waals surface area contributed by atoms with Crippen LogP contribution in [-0.2, 0) is 18.7 Å². The van der Waals surface area contributed by atoms with Gasteiger partial charge in [-0.05, 0) is 25.1 Å². The van der Waals surface area contributed by atoms with Crippen molar-refractivity contribution in [3.63, 3.8) is 0 Å². The molecule has 0 aliphatic rings. The maximum Gasteiger partial charge on any atom is 0.230 e. The van der Waals surface area contributed by atoms with Crippen molar-refractivity contribution in [2.24, 2.45) is 0 Å². The highest BCUT2D eigenvalue weighted by atomic mass is 16.4. The van der Waals surface area contributed by atoms with E-state index in [1.165, 1.54) is 5.56 Å². The Bertz CT molecular complexity index is 767. The first-order valence-corrected chi connectivity index (χ1v) is 8.01. The van der Waals surface area contributed by atoms with Gasteiger partial charge in [-0.3, -0.25) is 4.90 Å². The van der Waals surface area contributed by atoms with Gasteiger partial charge in [0, 0.05) is 6.54 Å². The highest BCUT2D eigenvalue weighted by Gasteiger charge is 2.31. The normalized spacial score (nSPS) is 13.8. The second-order valence-electron chi connectivity index (χ2n) is 6.23. The highest BCUT2D eigenvalue weighted by molar-refractivity contribution is 5.27. The van der Waals surface area contributed by atoms with E-state index < -0.39 is 5.60 Å². The third kappa shape index (κ3) is 3.72. The van der Waals surface area contributed by atoms with E-state index in [1.807, 2.05) is 55.6 Å². The molecule has 1 N–H and O–H groups in total. The van der Waals surface area contributed by atoms with Gasteiger partial charge in [-0.1, -0.05) is 60.7 Å². The van der Waals surface area contributed by atoms with Crippen LogP contribution >= 0.6 is 0 Å². The molecular formula is C20H22N2O2. The van der Waals surface area contributed by atoms with E-state index in [0.29, 0.717) is 12.4 Å². The van der Waals surface area contributed by atoms with Crippen LogP contribution in [0.3, 0.4) is 0 Å². The molecule has 24 heavy (non-hydrogen) atoms. The summed E-state index contributed by atoms with van der Waals surface area (Å²) in [6.07, 6.45) is 1.69. The van der Waals surface area contributed by atoms with Gasteiger partial charge < -0.3 is 9.52 Å². The summed E-state index contributed by atoms with van der Waals surface area (Å²) in [6, 6.07) is 19.7. The minimum atomic E-state index is -1.24. The van der Waals surface area contributed by atoms with Gasteiger partial charge in [0.2, 0.25) is 5.89 Å². The molecule has 0 aliphatic heterocycles. The maximum absolute atomic E-state index is 10.8. The van der Waals surface area contributed by atoms with E-state index in [9.17, 15) is 5.11 Å². The summed E-state index contributed by atoms with van der Waals surface area (Å²) in [5.74, 6) is 1.05. The first-order valence-electron chi connectivity index (χ1n) is 8.01. The van der Waals surface area contributed by atoms with Crippen molar-refractivity contribution in [3.05, 3.63) is 89.6 Å². The number of hydrogen-bond donors (Lipinski definition) is 1. The van der Waals surface area contributed by atoms with Crippen LogP contribution < -0.4 is 0 Å². The lowest BCUT2D eigenvalue weighted by atomic mass is 9.96. The molecule has 0 aliphatic carbocycles. The molecule has 4 nitrogen and oxygen atoms in total. The Hall–Kier alpha value is -2.43. The molecule has 124 valence electrons. The Morgan fingerprint density at radius 2 is 1.62 bits per heavy atom. The molecule has 0 radical (unpaired) electrons. The summed E-state index contributed by atoms with van der Waals surface area (Å²) in [5.41, 5.74) is 0.768. The van der Waals surface area contributed by atoms with Crippen molar-refractivity contribution in [2.45, 2.75) is 25.6 Å². The van der Waals surface area contributed by atoms with Crippen molar-refractivity contribution in [3.8, 4) is 0 Å². The number of aromatic nitrogens is 1. The predicted molar refractivity (Wildman–Crippen MR) is 93.2 cm³/mol. The Morgan fingerprint density at radius 3 is 2.29 bits per heavy atom. The fourth-order valence-corrected chi connectivity index (χ4v) is 2.71. The van der Waals surface area contributed by atoms with E-state index in [-0.39, 0.29) is 0 Å². The molecule has 2 aromatic carbocycles. The van der Waals surface area contributed by atoms with Crippen LogP contribution in [0.5, 0.6) is 0 Å². The summed E-state index contributed by atoms with van der Waals surface area (Å²) in [6.45, 7) is 3.16. The molecule has 1 aromatic heterocycles. The summed E-state index contributed by atoms with van der Waals surface area (Å²) >= 11 is 0. The summed E-state index contributed by atoms with van der Waals surface area (Å²) in [5, 5.41) is 10.8. The summed E-state index contributed by atoms with van der Waals surface area (Å²) in [7, 11) is 2.03. The maximum atomic E-state index is 10.8. The molecule has 0 bridgehead atoms. The molecule has 3 aromatic rings. The summed E-state index contributed by atoms with van der Waals surface area (Å²) in [4.78, 5) is 6.43. The second-order valence-corrected chi connectivity index (χ2v) is 6.23. The number of nitrogens with zero attached hydrogens (tertiary/aromatic N) is 2. The molecule has 1 heterocycles. The van der Waals surface area contributed by atoms with Crippen LogP contribution in [0.25, 0.3) is 0 Å². The smallest absolute Gasteiger partial charge is 0.230 e. The number of rotatable bonds is 6. The lowest BCUT2D eigenvalue weighted by Crippen LogP contribution is -2.23. The predicted octanol–water partition coefficient (Wildman–Crippen LogP) is 3.56. The molecule has 1 unspecified atom stereocenters. The zero-order valence-electron chi connectivity index (χ0n) is 14.0. The van der Waals surface area contributed by atoms with E-state index in [0.717, 1.165) is 17.9 Å². The van der Waals surface area contributed by atoms with Crippen LogP contribution in [0.2, 0.25) is 0 Å². The van der Waals surface area contributed by atoms with Crippen molar-refractivity contribution >= 4 is 0 Å². The van der Waals surface area contributed by atoms with Gasteiger partial charge in [-0.2, -0.15) is 0 Å². The SMILES string of the molecule is CN(Cc1ccccc1)Cc1cnc(C(C)(O)c2ccccc2)o1. The van der Waals surface area contributed by atoms with Crippen molar-refractivity contribution < 1.29 is 9.52 Å². The molecule has 4 heteroatoms. The monoisotopic (exact) mass is 322 g/mol. The van der Waals surface area contributed by atoms with Gasteiger partial charge in [-0.15, -0.1) is 0 Å². The van der Waals surface area contributed by atoms with E-state index in [1.54, 1.807) is 13.1 Å². The van der Waals surface area contributed by atoms with Gasteiger partial charge in [0.1, 0.15) is 5.76 Å². The van der Waals surface area contributed by atoms with Crippen LogP contribution in [0.1, 0.15) is 29.7 Å². The number of hydrogen-bond acceptors (Lipinski definition) is 4. The average Bonchev–Trinajstić information content (AvgIpc) is 3.05. The van der Waals surface area contributed by atoms with Crippen LogP contribution in [0.4, 0.5) is 0 Å². The fraction of sp³-hybridized carbons (Fsp3) is 0.250. The molecule has 3 rings (SSSR count). The first kappa shape index (κ1) is 16.4. The van der Waals surface area contributed by atoms with E-state index >= 15 is 0 Å². The Morgan fingerprint density at radius 1 is 1.00 bits per heavy atom. The zero-order valence-corrected chi connectivity index (χ0v) is 14.0. The average molecular weight is 322 g/mol. The third-order valence-corrected chi connectivity index (χ3v) is 4.03. The topological polar surface area (TPSA) is 49.5 Å². The fourth-order valence-electron chi connectivity index (χ4n) is 2.71. The highest BCUT2D eigenvalue weighted by Crippen LogP contribution is 2.28. The van der Waals surface area contributed by atoms with Crippen LogP contribution in [-0.4, -0.2) is 22.0 Å². The first-order chi connectivity index (χ1) is 11.6. The molecule has 0 fully saturated rings. The lowest BCUT2D eigenvalue weighted by Gasteiger charge is -2.20.